The van der Waals surface area contributed by atoms with Gasteiger partial charge in [-0.05, 0) is 25.2 Å². The summed E-state index contributed by atoms with van der Waals surface area (Å²) < 4.78 is 0. The first-order chi connectivity index (χ1) is 8.41. The third-order valence-corrected chi connectivity index (χ3v) is 4.83. The van der Waals surface area contributed by atoms with Gasteiger partial charge in [-0.3, -0.25) is 0 Å². The standard InChI is InChI=1S/C16H35P.H2N.Ti/c1-3-5-7-9-11-13-15-17-16-14-12-10-8-6-4-2;;/h17H,3-16H2,1-2H3;1H2;/q;-1;. The van der Waals surface area contributed by atoms with Crippen molar-refractivity contribution in [1.29, 1.82) is 0 Å². The zero-order chi connectivity index (χ0) is 12.6. The van der Waals surface area contributed by atoms with Gasteiger partial charge in [-0.25, -0.2) is 0 Å². The molecule has 1 nitrogen and oxygen atoms in total. The monoisotopic (exact) mass is 322 g/mol. The number of hydrogen-bond donors (Lipinski definition) is 0. The van der Waals surface area contributed by atoms with Crippen LogP contribution in [0.25, 0.3) is 6.15 Å². The summed E-state index contributed by atoms with van der Waals surface area (Å²) in [5.74, 6) is 0. The Bertz CT molecular complexity index is 120. The van der Waals surface area contributed by atoms with Crippen molar-refractivity contribution in [2.75, 3.05) is 12.3 Å². The summed E-state index contributed by atoms with van der Waals surface area (Å²) in [5, 5.41) is 0. The van der Waals surface area contributed by atoms with Crippen molar-refractivity contribution in [1.82, 2.24) is 0 Å². The predicted molar refractivity (Wildman–Crippen MR) is 90.1 cm³/mol. The molecule has 0 aliphatic rings. The van der Waals surface area contributed by atoms with Gasteiger partial charge in [-0.2, -0.15) is 0 Å². The van der Waals surface area contributed by atoms with Crippen molar-refractivity contribution < 1.29 is 21.7 Å². The number of hydrogen-bond acceptors (Lipinski definition) is 0. The Hall–Kier alpha value is 1.10. The summed E-state index contributed by atoms with van der Waals surface area (Å²) >= 11 is 0. The first-order valence-electron chi connectivity index (χ1n) is 8.12. The van der Waals surface area contributed by atoms with Crippen molar-refractivity contribution in [2.45, 2.75) is 90.9 Å². The van der Waals surface area contributed by atoms with Crippen LogP contribution in [0.5, 0.6) is 0 Å². The van der Waals surface area contributed by atoms with Crippen LogP contribution in [0, 0.1) is 0 Å². The Morgan fingerprint density at radius 3 is 1.21 bits per heavy atom. The summed E-state index contributed by atoms with van der Waals surface area (Å²) in [5.41, 5.74) is 0. The van der Waals surface area contributed by atoms with Crippen LogP contribution in [0.4, 0.5) is 0 Å². The second-order valence-electron chi connectivity index (χ2n) is 5.29. The summed E-state index contributed by atoms with van der Waals surface area (Å²) in [6.07, 6.45) is 20.5. The molecule has 0 saturated carbocycles. The van der Waals surface area contributed by atoms with Gasteiger partial charge >= 0.3 is 0 Å². The van der Waals surface area contributed by atoms with E-state index in [9.17, 15) is 0 Å². The molecule has 0 spiro atoms. The van der Waals surface area contributed by atoms with E-state index in [0.717, 1.165) is 0 Å². The smallest absolute Gasteiger partial charge is 0 e. The summed E-state index contributed by atoms with van der Waals surface area (Å²) in [7, 11) is 1.26. The molecule has 0 aliphatic heterocycles. The zero-order valence-corrected chi connectivity index (χ0v) is 16.0. The zero-order valence-electron chi connectivity index (χ0n) is 13.5. The normalized spacial score (nSPS) is 9.79. The molecule has 0 radical (unpaired) electrons. The van der Waals surface area contributed by atoms with Gasteiger partial charge in [0, 0.05) is 21.7 Å². The quantitative estimate of drug-likeness (QED) is 0.186. The van der Waals surface area contributed by atoms with Crippen molar-refractivity contribution >= 4 is 8.58 Å². The molecule has 0 amide bonds. The van der Waals surface area contributed by atoms with E-state index in [1.54, 1.807) is 0 Å². The van der Waals surface area contributed by atoms with E-state index in [0.29, 0.717) is 0 Å². The summed E-state index contributed by atoms with van der Waals surface area (Å²) in [6, 6.07) is 0. The van der Waals surface area contributed by atoms with Crippen LogP contribution in [0.2, 0.25) is 0 Å². The van der Waals surface area contributed by atoms with Gasteiger partial charge in [0.15, 0.2) is 0 Å². The van der Waals surface area contributed by atoms with Gasteiger partial charge in [0.05, 0.1) is 0 Å². The Labute approximate surface area is 139 Å². The van der Waals surface area contributed by atoms with E-state index in [-0.39, 0.29) is 27.9 Å². The second kappa shape index (κ2) is 24.1. The SMILES string of the molecule is CCCCCCCCPCCCCCCCC.[NH2-].[Ti]. The van der Waals surface area contributed by atoms with Crippen molar-refractivity contribution in [3.63, 3.8) is 0 Å². The average Bonchev–Trinajstić information content (AvgIpc) is 2.35. The van der Waals surface area contributed by atoms with E-state index in [1.165, 1.54) is 98.0 Å². The van der Waals surface area contributed by atoms with Crippen LogP contribution in [-0.2, 0) is 21.7 Å². The molecule has 0 rings (SSSR count). The van der Waals surface area contributed by atoms with Crippen molar-refractivity contribution in [3.05, 3.63) is 6.15 Å². The van der Waals surface area contributed by atoms with Gasteiger partial charge in [0.25, 0.3) is 0 Å². The number of nitrogens with two attached hydrogens (primary N) is 1. The molecular formula is C16H37NPTi-. The molecule has 0 atom stereocenters. The molecule has 0 saturated heterocycles. The molecule has 0 aromatic rings. The van der Waals surface area contributed by atoms with Crippen LogP contribution in [0.3, 0.4) is 0 Å². The largest absolute Gasteiger partial charge is 0.693 e. The fourth-order valence-corrected chi connectivity index (χ4v) is 3.44. The number of rotatable bonds is 14. The molecule has 0 unspecified atom stereocenters. The van der Waals surface area contributed by atoms with Gasteiger partial charge in [-0.15, -0.1) is 8.58 Å². The predicted octanol–water partition coefficient (Wildman–Crippen LogP) is 7.10. The van der Waals surface area contributed by atoms with E-state index in [1.807, 2.05) is 0 Å². The Balaban J connectivity index is -0.00000128. The third-order valence-electron chi connectivity index (χ3n) is 3.41. The molecule has 0 heterocycles. The summed E-state index contributed by atoms with van der Waals surface area (Å²) in [4.78, 5) is 0. The fourth-order valence-electron chi connectivity index (χ4n) is 2.19. The molecule has 0 bridgehead atoms. The average molecular weight is 322 g/mol. The topological polar surface area (TPSA) is 33.5 Å². The summed E-state index contributed by atoms with van der Waals surface area (Å²) in [6.45, 7) is 4.59. The molecule has 116 valence electrons. The van der Waals surface area contributed by atoms with E-state index < -0.39 is 0 Å². The molecule has 3 heteroatoms. The van der Waals surface area contributed by atoms with E-state index >= 15 is 0 Å². The Morgan fingerprint density at radius 1 is 0.526 bits per heavy atom. The minimum Gasteiger partial charge on any atom is -0.693 e. The Kier molecular flexibility index (Phi) is 31.9. The molecule has 0 aromatic carbocycles. The number of unbranched alkanes of at least 4 members (excludes halogenated alkanes) is 10. The maximum absolute atomic E-state index is 2.29. The van der Waals surface area contributed by atoms with Crippen LogP contribution >= 0.6 is 8.58 Å². The van der Waals surface area contributed by atoms with Crippen LogP contribution in [0.15, 0.2) is 0 Å². The van der Waals surface area contributed by atoms with Gasteiger partial charge in [-0.1, -0.05) is 78.1 Å². The first kappa shape index (κ1) is 25.1. The third kappa shape index (κ3) is 24.5. The molecular weight excluding hydrogens is 285 g/mol. The minimum atomic E-state index is 0. The van der Waals surface area contributed by atoms with Crippen LogP contribution in [0.1, 0.15) is 90.9 Å². The molecule has 0 fully saturated rings. The van der Waals surface area contributed by atoms with Gasteiger partial charge < -0.3 is 6.15 Å². The maximum atomic E-state index is 2.29. The molecule has 0 aliphatic carbocycles. The van der Waals surface area contributed by atoms with Crippen molar-refractivity contribution in [3.8, 4) is 0 Å². The van der Waals surface area contributed by atoms with Crippen molar-refractivity contribution in [2.24, 2.45) is 0 Å². The fraction of sp³-hybridized carbons (Fsp3) is 1.00. The van der Waals surface area contributed by atoms with Crippen LogP contribution in [-0.4, -0.2) is 12.3 Å². The first-order valence-corrected chi connectivity index (χ1v) is 9.54. The van der Waals surface area contributed by atoms with E-state index in [4.69, 9.17) is 0 Å². The van der Waals surface area contributed by atoms with Gasteiger partial charge in [0.1, 0.15) is 0 Å². The minimum absolute atomic E-state index is 0. The van der Waals surface area contributed by atoms with E-state index in [2.05, 4.69) is 13.8 Å². The van der Waals surface area contributed by atoms with Crippen LogP contribution < -0.4 is 0 Å². The molecule has 2 N–H and O–H groups in total. The molecule has 19 heavy (non-hydrogen) atoms. The molecule has 0 aromatic heterocycles. The Morgan fingerprint density at radius 2 is 0.842 bits per heavy atom. The van der Waals surface area contributed by atoms with Gasteiger partial charge in [0.2, 0.25) is 0 Å². The second-order valence-corrected chi connectivity index (χ2v) is 6.79. The maximum Gasteiger partial charge on any atom is 0 e.